The van der Waals surface area contributed by atoms with Crippen LogP contribution >= 0.6 is 11.6 Å². The lowest BCUT2D eigenvalue weighted by Gasteiger charge is -2.13. The fraction of sp³-hybridized carbons (Fsp3) is 0.148. The van der Waals surface area contributed by atoms with Gasteiger partial charge in [0, 0.05) is 18.2 Å². The van der Waals surface area contributed by atoms with Gasteiger partial charge < -0.3 is 19.5 Å². The number of rotatable bonds is 7. The van der Waals surface area contributed by atoms with Gasteiger partial charge in [-0.1, -0.05) is 41.4 Å². The van der Waals surface area contributed by atoms with Crippen molar-refractivity contribution in [2.45, 2.75) is 20.5 Å². The number of benzene rings is 3. The van der Waals surface area contributed by atoms with Gasteiger partial charge in [0.15, 0.2) is 17.2 Å². The number of aliphatic imine (C=N–C) groups is 1. The van der Waals surface area contributed by atoms with Crippen LogP contribution < -0.4 is 14.8 Å². The Bertz CT molecular complexity index is 1330. The predicted molar refractivity (Wildman–Crippen MR) is 135 cm³/mol. The summed E-state index contributed by atoms with van der Waals surface area (Å²) in [5.41, 5.74) is 4.13. The van der Waals surface area contributed by atoms with E-state index in [0.717, 1.165) is 5.56 Å². The van der Waals surface area contributed by atoms with E-state index < -0.39 is 5.97 Å². The summed E-state index contributed by atoms with van der Waals surface area (Å²) >= 11 is 6.49. The van der Waals surface area contributed by atoms with Crippen LogP contribution in [0.2, 0.25) is 5.02 Å². The van der Waals surface area contributed by atoms with Gasteiger partial charge in [-0.25, -0.2) is 9.79 Å². The molecular formula is C27H23ClN2O5. The number of halogens is 1. The topological polar surface area (TPSA) is 86.2 Å². The summed E-state index contributed by atoms with van der Waals surface area (Å²) in [5, 5.41) is 3.02. The predicted octanol–water partition coefficient (Wildman–Crippen LogP) is 5.54. The van der Waals surface area contributed by atoms with E-state index in [4.69, 9.17) is 25.8 Å². The minimum atomic E-state index is -0.583. The van der Waals surface area contributed by atoms with E-state index in [1.54, 1.807) is 42.5 Å². The summed E-state index contributed by atoms with van der Waals surface area (Å²) in [6, 6.07) is 18.2. The van der Waals surface area contributed by atoms with Crippen LogP contribution in [0.5, 0.6) is 11.5 Å². The molecule has 0 unspecified atom stereocenters. The van der Waals surface area contributed by atoms with E-state index in [0.29, 0.717) is 39.9 Å². The number of methoxy groups -OCH3 is 1. The molecule has 0 aromatic heterocycles. The molecule has 7 nitrogen and oxygen atoms in total. The highest BCUT2D eigenvalue weighted by atomic mass is 35.5. The van der Waals surface area contributed by atoms with Crippen LogP contribution in [0.25, 0.3) is 6.08 Å². The summed E-state index contributed by atoms with van der Waals surface area (Å²) in [7, 11) is 1.52. The molecule has 1 heterocycles. The number of aryl methyl sites for hydroxylation is 1. The number of amides is 1. The molecule has 1 N–H and O–H groups in total. The van der Waals surface area contributed by atoms with E-state index in [1.165, 1.54) is 19.6 Å². The largest absolute Gasteiger partial charge is 0.493 e. The van der Waals surface area contributed by atoms with Crippen molar-refractivity contribution in [3.63, 3.8) is 0 Å². The first-order valence-corrected chi connectivity index (χ1v) is 11.2. The van der Waals surface area contributed by atoms with Gasteiger partial charge in [0.2, 0.25) is 11.8 Å². The summed E-state index contributed by atoms with van der Waals surface area (Å²) < 4.78 is 16.7. The van der Waals surface area contributed by atoms with Crippen molar-refractivity contribution < 1.29 is 23.8 Å². The Labute approximate surface area is 208 Å². The fourth-order valence-corrected chi connectivity index (χ4v) is 3.67. The molecule has 0 atom stereocenters. The summed E-state index contributed by atoms with van der Waals surface area (Å²) in [6.07, 6.45) is 1.57. The Balaban J connectivity index is 1.54. The number of carbonyl (C=O) groups is 2. The first kappa shape index (κ1) is 24.0. The van der Waals surface area contributed by atoms with Gasteiger partial charge in [-0.3, -0.25) is 4.79 Å². The molecule has 0 saturated heterocycles. The maximum atomic E-state index is 12.4. The number of nitrogens with zero attached hydrogens (tertiary/aromatic N) is 1. The van der Waals surface area contributed by atoms with Gasteiger partial charge in [-0.2, -0.15) is 0 Å². The number of anilines is 1. The maximum absolute atomic E-state index is 12.4. The second-order valence-electron chi connectivity index (χ2n) is 7.90. The van der Waals surface area contributed by atoms with Crippen LogP contribution in [-0.4, -0.2) is 24.9 Å². The molecule has 0 bridgehead atoms. The fourth-order valence-electron chi connectivity index (χ4n) is 3.39. The van der Waals surface area contributed by atoms with Crippen LogP contribution in [0.4, 0.5) is 5.69 Å². The number of hydrogen-bond donors (Lipinski definition) is 1. The molecule has 0 radical (unpaired) electrons. The normalized spacial score (nSPS) is 13.9. The number of nitrogens with one attached hydrogen (secondary N) is 1. The first-order chi connectivity index (χ1) is 16.8. The zero-order valence-electron chi connectivity index (χ0n) is 19.4. The zero-order valence-corrected chi connectivity index (χ0v) is 20.2. The Kier molecular flexibility index (Phi) is 7.17. The molecule has 8 heteroatoms. The minimum Gasteiger partial charge on any atom is -0.493 e. The molecule has 1 amide bonds. The quantitative estimate of drug-likeness (QED) is 0.347. The summed E-state index contributed by atoms with van der Waals surface area (Å²) in [5.74, 6) is 0.260. The summed E-state index contributed by atoms with van der Waals surface area (Å²) in [4.78, 5) is 27.9. The van der Waals surface area contributed by atoms with Gasteiger partial charge in [-0.15, -0.1) is 0 Å². The van der Waals surface area contributed by atoms with E-state index in [-0.39, 0.29) is 17.5 Å². The van der Waals surface area contributed by atoms with Gasteiger partial charge in [-0.05, 0) is 60.5 Å². The Morgan fingerprint density at radius 2 is 1.83 bits per heavy atom. The minimum absolute atomic E-state index is 0.123. The van der Waals surface area contributed by atoms with Crippen molar-refractivity contribution >= 4 is 41.1 Å². The molecule has 0 saturated carbocycles. The maximum Gasteiger partial charge on any atom is 0.363 e. The van der Waals surface area contributed by atoms with Crippen molar-refractivity contribution in [3.05, 3.63) is 93.6 Å². The van der Waals surface area contributed by atoms with E-state index in [1.807, 2.05) is 31.2 Å². The Morgan fingerprint density at radius 1 is 1.11 bits per heavy atom. The van der Waals surface area contributed by atoms with Crippen molar-refractivity contribution in [2.24, 2.45) is 4.99 Å². The highest BCUT2D eigenvalue weighted by molar-refractivity contribution is 6.32. The third-order valence-corrected chi connectivity index (χ3v) is 5.41. The second-order valence-corrected chi connectivity index (χ2v) is 8.31. The van der Waals surface area contributed by atoms with E-state index >= 15 is 0 Å². The van der Waals surface area contributed by atoms with Gasteiger partial charge in [0.25, 0.3) is 0 Å². The van der Waals surface area contributed by atoms with Crippen molar-refractivity contribution in [1.29, 1.82) is 0 Å². The average molecular weight is 491 g/mol. The molecule has 0 spiro atoms. The van der Waals surface area contributed by atoms with Crippen LogP contribution in [-0.2, 0) is 20.9 Å². The number of cyclic esters (lactones) is 1. The standard InChI is InChI=1S/C27H23ClN2O5/c1-16-4-6-18(7-5-16)15-34-25-22(28)12-19(14-24(25)33-3)13-23-27(32)35-26(30-23)20-8-10-21(11-9-20)29-17(2)31/h4-14H,15H2,1-3H3,(H,29,31)/b23-13-. The lowest BCUT2D eigenvalue weighted by atomic mass is 10.1. The van der Waals surface area contributed by atoms with Gasteiger partial charge >= 0.3 is 5.97 Å². The lowest BCUT2D eigenvalue weighted by molar-refractivity contribution is -0.129. The van der Waals surface area contributed by atoms with E-state index in [9.17, 15) is 9.59 Å². The zero-order chi connectivity index (χ0) is 24.9. The van der Waals surface area contributed by atoms with Gasteiger partial charge in [0.1, 0.15) is 6.61 Å². The van der Waals surface area contributed by atoms with Gasteiger partial charge in [0.05, 0.1) is 12.1 Å². The third-order valence-electron chi connectivity index (χ3n) is 5.13. The molecule has 0 aliphatic carbocycles. The Hall–Kier alpha value is -4.10. The molecular weight excluding hydrogens is 468 g/mol. The van der Waals surface area contributed by atoms with Crippen molar-refractivity contribution in [2.75, 3.05) is 12.4 Å². The highest BCUT2D eigenvalue weighted by Crippen LogP contribution is 2.38. The molecule has 3 aromatic rings. The second kappa shape index (κ2) is 10.4. The SMILES string of the molecule is COc1cc(/C=C2\N=C(c3ccc(NC(C)=O)cc3)OC2=O)cc(Cl)c1OCc1ccc(C)cc1. The molecule has 1 aliphatic rings. The first-order valence-electron chi connectivity index (χ1n) is 10.8. The average Bonchev–Trinajstić information content (AvgIpc) is 3.19. The van der Waals surface area contributed by atoms with Crippen LogP contribution in [0, 0.1) is 6.92 Å². The van der Waals surface area contributed by atoms with Crippen LogP contribution in [0.15, 0.2) is 71.4 Å². The lowest BCUT2D eigenvalue weighted by Crippen LogP contribution is -2.07. The molecule has 4 rings (SSSR count). The monoisotopic (exact) mass is 490 g/mol. The van der Waals surface area contributed by atoms with Crippen LogP contribution in [0.3, 0.4) is 0 Å². The van der Waals surface area contributed by atoms with Crippen molar-refractivity contribution in [1.82, 2.24) is 0 Å². The number of carbonyl (C=O) groups excluding carboxylic acids is 2. The molecule has 35 heavy (non-hydrogen) atoms. The highest BCUT2D eigenvalue weighted by Gasteiger charge is 2.24. The van der Waals surface area contributed by atoms with Crippen LogP contribution in [0.1, 0.15) is 29.2 Å². The van der Waals surface area contributed by atoms with E-state index in [2.05, 4.69) is 10.3 Å². The Morgan fingerprint density at radius 3 is 2.49 bits per heavy atom. The molecule has 0 fully saturated rings. The van der Waals surface area contributed by atoms with Crippen molar-refractivity contribution in [3.8, 4) is 11.5 Å². The third kappa shape index (κ3) is 5.88. The summed E-state index contributed by atoms with van der Waals surface area (Å²) in [6.45, 7) is 3.78. The number of esters is 1. The molecule has 3 aromatic carbocycles. The smallest absolute Gasteiger partial charge is 0.363 e. The molecule has 1 aliphatic heterocycles. The number of hydrogen-bond acceptors (Lipinski definition) is 6. The number of ether oxygens (including phenoxy) is 3. The molecule has 178 valence electrons.